The normalized spacial score (nSPS) is 38.3. The maximum absolute atomic E-state index is 6.15. The Hall–Kier alpha value is -0.120. The zero-order valence-corrected chi connectivity index (χ0v) is 11.9. The van der Waals surface area contributed by atoms with E-state index in [1.807, 2.05) is 0 Å². The van der Waals surface area contributed by atoms with Crippen LogP contribution >= 0.6 is 0 Å². The fourth-order valence-corrected chi connectivity index (χ4v) is 3.92. The summed E-state index contributed by atoms with van der Waals surface area (Å²) in [6, 6.07) is 1.54. The van der Waals surface area contributed by atoms with Crippen LogP contribution in [-0.4, -0.2) is 54.6 Å². The summed E-state index contributed by atoms with van der Waals surface area (Å²) >= 11 is 0. The molecule has 2 saturated heterocycles. The molecule has 2 rings (SSSR count). The summed E-state index contributed by atoms with van der Waals surface area (Å²) in [6.45, 7) is 6.58. The van der Waals surface area contributed by atoms with Crippen LogP contribution in [0.4, 0.5) is 0 Å². The van der Waals surface area contributed by atoms with Crippen molar-refractivity contribution in [1.82, 2.24) is 9.80 Å². The lowest BCUT2D eigenvalue weighted by atomic mass is 9.81. The van der Waals surface area contributed by atoms with E-state index in [4.69, 9.17) is 5.73 Å². The molecule has 0 aromatic heterocycles. The first-order chi connectivity index (χ1) is 7.98. The summed E-state index contributed by atoms with van der Waals surface area (Å²) in [6.07, 6.45) is 5.27. The van der Waals surface area contributed by atoms with E-state index < -0.39 is 0 Å². The van der Waals surface area contributed by atoms with Gasteiger partial charge in [0.25, 0.3) is 0 Å². The van der Waals surface area contributed by atoms with E-state index in [2.05, 4.69) is 37.7 Å². The van der Waals surface area contributed by atoms with Crippen LogP contribution < -0.4 is 5.73 Å². The third-order valence-corrected chi connectivity index (χ3v) is 5.04. The molecule has 2 aliphatic rings. The molecule has 3 heteroatoms. The summed E-state index contributed by atoms with van der Waals surface area (Å²) in [4.78, 5) is 5.15. The highest BCUT2D eigenvalue weighted by atomic mass is 15.3. The summed E-state index contributed by atoms with van der Waals surface area (Å²) in [5.74, 6) is 0.723. The molecule has 2 unspecified atom stereocenters. The molecule has 2 bridgehead atoms. The maximum atomic E-state index is 6.15. The zero-order valence-electron chi connectivity index (χ0n) is 11.9. The van der Waals surface area contributed by atoms with Gasteiger partial charge in [0.05, 0.1) is 0 Å². The van der Waals surface area contributed by atoms with Gasteiger partial charge in [-0.15, -0.1) is 0 Å². The van der Waals surface area contributed by atoms with Crippen molar-refractivity contribution in [2.24, 2.45) is 11.7 Å². The Labute approximate surface area is 106 Å². The van der Waals surface area contributed by atoms with Crippen molar-refractivity contribution >= 4 is 0 Å². The standard InChI is InChI=1S/C14H29N3/c1-11(2)9-16(3)14(10-15)7-12-5-6-13(8-14)17(12)4/h11-13H,5-10,15H2,1-4H3. The van der Waals surface area contributed by atoms with Gasteiger partial charge in [-0.1, -0.05) is 13.8 Å². The molecule has 0 radical (unpaired) electrons. The summed E-state index contributed by atoms with van der Waals surface area (Å²) in [5.41, 5.74) is 6.42. The van der Waals surface area contributed by atoms with Gasteiger partial charge in [0.2, 0.25) is 0 Å². The minimum absolute atomic E-state index is 0.266. The monoisotopic (exact) mass is 239 g/mol. The Morgan fingerprint density at radius 2 is 1.82 bits per heavy atom. The number of nitrogens with two attached hydrogens (primary N) is 1. The second kappa shape index (κ2) is 4.87. The molecule has 0 spiro atoms. The van der Waals surface area contributed by atoms with Gasteiger partial charge in [-0.05, 0) is 45.7 Å². The smallest absolute Gasteiger partial charge is 0.0358 e. The van der Waals surface area contributed by atoms with Gasteiger partial charge < -0.3 is 10.6 Å². The van der Waals surface area contributed by atoms with E-state index in [9.17, 15) is 0 Å². The Bertz CT molecular complexity index is 250. The lowest BCUT2D eigenvalue weighted by Crippen LogP contribution is -2.61. The first kappa shape index (κ1) is 13.3. The van der Waals surface area contributed by atoms with Crippen LogP contribution in [-0.2, 0) is 0 Å². The molecule has 2 aliphatic heterocycles. The molecule has 0 aliphatic carbocycles. The van der Waals surface area contributed by atoms with Crippen molar-refractivity contribution in [3.8, 4) is 0 Å². The minimum atomic E-state index is 0.266. The summed E-state index contributed by atoms with van der Waals surface area (Å²) in [5, 5.41) is 0. The van der Waals surface area contributed by atoms with Gasteiger partial charge in [0.1, 0.15) is 0 Å². The molecule has 17 heavy (non-hydrogen) atoms. The number of rotatable bonds is 4. The molecule has 2 atom stereocenters. The zero-order chi connectivity index (χ0) is 12.6. The Morgan fingerprint density at radius 1 is 1.29 bits per heavy atom. The first-order valence-corrected chi connectivity index (χ1v) is 7.12. The molecule has 0 amide bonds. The second-order valence-corrected chi connectivity index (χ2v) is 6.66. The lowest BCUT2D eigenvalue weighted by molar-refractivity contribution is 0.0106. The average Bonchev–Trinajstić information content (AvgIpc) is 2.53. The molecule has 2 heterocycles. The number of likely N-dealkylation sites (N-methyl/N-ethyl adjacent to an activating group) is 1. The number of nitrogens with zero attached hydrogens (tertiary/aromatic N) is 2. The molecule has 0 saturated carbocycles. The van der Waals surface area contributed by atoms with Crippen molar-refractivity contribution < 1.29 is 0 Å². The van der Waals surface area contributed by atoms with Crippen LogP contribution in [0.5, 0.6) is 0 Å². The summed E-state index contributed by atoms with van der Waals surface area (Å²) in [7, 11) is 4.57. The van der Waals surface area contributed by atoms with Gasteiger partial charge in [0, 0.05) is 30.7 Å². The van der Waals surface area contributed by atoms with Crippen molar-refractivity contribution in [2.75, 3.05) is 27.2 Å². The quantitative estimate of drug-likeness (QED) is 0.807. The van der Waals surface area contributed by atoms with Crippen LogP contribution in [0.1, 0.15) is 39.5 Å². The van der Waals surface area contributed by atoms with Crippen LogP contribution in [0.2, 0.25) is 0 Å². The molecule has 2 N–H and O–H groups in total. The fraction of sp³-hybridized carbons (Fsp3) is 1.00. The van der Waals surface area contributed by atoms with E-state index >= 15 is 0 Å². The Balaban J connectivity index is 2.11. The van der Waals surface area contributed by atoms with Crippen LogP contribution in [0.3, 0.4) is 0 Å². The van der Waals surface area contributed by atoms with Gasteiger partial charge in [0.15, 0.2) is 0 Å². The number of piperidine rings is 1. The molecule has 0 aromatic rings. The van der Waals surface area contributed by atoms with E-state index in [0.717, 1.165) is 24.5 Å². The molecule has 100 valence electrons. The van der Waals surface area contributed by atoms with Crippen LogP contribution in [0.25, 0.3) is 0 Å². The SMILES string of the molecule is CC(C)CN(C)C1(CN)CC2CCC(C1)N2C. The fourth-order valence-electron chi connectivity index (χ4n) is 3.92. The summed E-state index contributed by atoms with van der Waals surface area (Å²) < 4.78 is 0. The predicted molar refractivity (Wildman–Crippen MR) is 73.1 cm³/mol. The second-order valence-electron chi connectivity index (χ2n) is 6.66. The van der Waals surface area contributed by atoms with E-state index in [1.165, 1.54) is 32.2 Å². The molecular formula is C14H29N3. The third kappa shape index (κ3) is 2.38. The largest absolute Gasteiger partial charge is 0.329 e. The molecule has 2 fully saturated rings. The third-order valence-electron chi connectivity index (χ3n) is 5.04. The van der Waals surface area contributed by atoms with Crippen molar-refractivity contribution in [3.05, 3.63) is 0 Å². The van der Waals surface area contributed by atoms with Gasteiger partial charge in [-0.25, -0.2) is 0 Å². The number of fused-ring (bicyclic) bond motifs is 2. The Kier molecular flexibility index (Phi) is 3.81. The van der Waals surface area contributed by atoms with E-state index in [-0.39, 0.29) is 5.54 Å². The molecular weight excluding hydrogens is 210 g/mol. The highest BCUT2D eigenvalue weighted by molar-refractivity contribution is 5.06. The van der Waals surface area contributed by atoms with Gasteiger partial charge in [-0.3, -0.25) is 4.90 Å². The topological polar surface area (TPSA) is 32.5 Å². The van der Waals surface area contributed by atoms with E-state index in [0.29, 0.717) is 0 Å². The van der Waals surface area contributed by atoms with Crippen molar-refractivity contribution in [2.45, 2.75) is 57.2 Å². The highest BCUT2D eigenvalue weighted by Gasteiger charge is 2.48. The lowest BCUT2D eigenvalue weighted by Gasteiger charge is -2.50. The number of hydrogen-bond acceptors (Lipinski definition) is 3. The van der Waals surface area contributed by atoms with Gasteiger partial charge >= 0.3 is 0 Å². The predicted octanol–water partition coefficient (Wildman–Crippen LogP) is 1.53. The van der Waals surface area contributed by atoms with Crippen LogP contribution in [0, 0.1) is 5.92 Å². The number of hydrogen-bond donors (Lipinski definition) is 1. The first-order valence-electron chi connectivity index (χ1n) is 7.12. The average molecular weight is 239 g/mol. The molecule has 0 aromatic carbocycles. The maximum Gasteiger partial charge on any atom is 0.0358 e. The van der Waals surface area contributed by atoms with E-state index in [1.54, 1.807) is 0 Å². The minimum Gasteiger partial charge on any atom is -0.329 e. The van der Waals surface area contributed by atoms with Gasteiger partial charge in [-0.2, -0.15) is 0 Å². The molecule has 3 nitrogen and oxygen atoms in total. The van der Waals surface area contributed by atoms with Crippen molar-refractivity contribution in [1.29, 1.82) is 0 Å². The van der Waals surface area contributed by atoms with Crippen molar-refractivity contribution in [3.63, 3.8) is 0 Å². The van der Waals surface area contributed by atoms with Crippen LogP contribution in [0.15, 0.2) is 0 Å². The highest BCUT2D eigenvalue weighted by Crippen LogP contribution is 2.41. The Morgan fingerprint density at radius 3 is 2.24 bits per heavy atom.